The summed E-state index contributed by atoms with van der Waals surface area (Å²) in [7, 11) is -1.03. The van der Waals surface area contributed by atoms with E-state index in [0.717, 1.165) is 24.3 Å². The second-order valence-corrected chi connectivity index (χ2v) is 12.1. The maximum Gasteiger partial charge on any atom is 0.256 e. The van der Waals surface area contributed by atoms with E-state index < -0.39 is 16.4 Å². The zero-order valence-corrected chi connectivity index (χ0v) is 23.0. The number of hydrogen-bond donors (Lipinski definition) is 4. The number of nitrogens with zero attached hydrogens (tertiary/aromatic N) is 2. The van der Waals surface area contributed by atoms with Crippen molar-refractivity contribution in [2.45, 2.75) is 26.5 Å². The largest absolute Gasteiger partial charge is 0.358 e. The van der Waals surface area contributed by atoms with E-state index in [1.54, 1.807) is 25.2 Å². The van der Waals surface area contributed by atoms with E-state index in [2.05, 4.69) is 15.2 Å². The van der Waals surface area contributed by atoms with Gasteiger partial charge in [0.15, 0.2) is 0 Å². The van der Waals surface area contributed by atoms with Crippen molar-refractivity contribution in [3.63, 3.8) is 0 Å². The zero-order chi connectivity index (χ0) is 27.6. The van der Waals surface area contributed by atoms with Crippen LogP contribution in [0.15, 0.2) is 53.3 Å². The molecule has 0 aliphatic carbocycles. The van der Waals surface area contributed by atoms with E-state index in [1.165, 1.54) is 24.3 Å². The van der Waals surface area contributed by atoms with Crippen LogP contribution < -0.4 is 5.32 Å². The minimum absolute atomic E-state index is 0.0185. The van der Waals surface area contributed by atoms with Gasteiger partial charge in [-0.15, -0.1) is 0 Å². The molecule has 0 bridgehead atoms. The highest BCUT2D eigenvalue weighted by molar-refractivity contribution is 8.23. The van der Waals surface area contributed by atoms with Crippen molar-refractivity contribution < 1.29 is 23.1 Å². The smallest absolute Gasteiger partial charge is 0.256 e. The molecular weight excluding hydrogens is 507 g/mol. The lowest BCUT2D eigenvalue weighted by molar-refractivity contribution is -0.115. The van der Waals surface area contributed by atoms with Crippen LogP contribution in [0.5, 0.6) is 0 Å². The van der Waals surface area contributed by atoms with E-state index >= 15 is 0 Å². The van der Waals surface area contributed by atoms with Gasteiger partial charge in [0.25, 0.3) is 11.8 Å². The molecule has 204 valence electrons. The molecule has 4 rings (SSSR count). The van der Waals surface area contributed by atoms with Crippen LogP contribution >= 0.6 is 10.6 Å². The average Bonchev–Trinajstić information content (AvgIpc) is 3.33. The molecule has 38 heavy (non-hydrogen) atoms. The summed E-state index contributed by atoms with van der Waals surface area (Å²) in [5.74, 6) is -0.810. The molecular formula is C28H35FN4O4S. The summed E-state index contributed by atoms with van der Waals surface area (Å²) < 4.78 is 34.6. The number of halogens is 1. The number of piperazine rings is 1. The lowest BCUT2D eigenvalue weighted by Gasteiger charge is -2.32. The number of likely N-dealkylation sites (N-methyl/N-ethyl adjacent to an activating group) is 1. The number of allylic oxidation sites excluding steroid dienone is 2. The predicted molar refractivity (Wildman–Crippen MR) is 149 cm³/mol. The number of H-pyrrole nitrogens is 1. The maximum atomic E-state index is 13.3. The van der Waals surface area contributed by atoms with Crippen LogP contribution in [0.1, 0.15) is 39.8 Å². The summed E-state index contributed by atoms with van der Waals surface area (Å²) in [4.78, 5) is 33.5. The molecule has 2 fully saturated rings. The van der Waals surface area contributed by atoms with Gasteiger partial charge in [-0.25, -0.2) is 4.39 Å². The standard InChI is InChI=1S/C28H35FN4O4S/c1-5-24-22(10-15-38(36,37)17-20-6-8-21(29)9-7-20)23(27(34)31-24)16-25-18(2)26(19(3)30-25)28(35)33-13-11-32(4)12-14-33/h5-10,16,30,36-37H,11-15,17H2,1-4H3,(H,31,34)/b22-10-,23-16-,24-5+. The highest BCUT2D eigenvalue weighted by atomic mass is 32.3. The van der Waals surface area contributed by atoms with Gasteiger partial charge in [0, 0.05) is 48.8 Å². The molecule has 2 amide bonds. The molecule has 2 aliphatic heterocycles. The number of nitrogens with one attached hydrogen (secondary N) is 2. The van der Waals surface area contributed by atoms with Crippen molar-refractivity contribution in [1.82, 2.24) is 20.1 Å². The van der Waals surface area contributed by atoms with Gasteiger partial charge in [-0.2, -0.15) is 10.6 Å². The lowest BCUT2D eigenvalue weighted by atomic mass is 10.0. The summed E-state index contributed by atoms with van der Waals surface area (Å²) in [6.07, 6.45) is 5.12. The van der Waals surface area contributed by atoms with Crippen LogP contribution in [0.25, 0.3) is 6.08 Å². The Kier molecular flexibility index (Phi) is 8.27. The molecule has 2 aromatic rings. The third kappa shape index (κ3) is 6.10. The molecule has 1 aromatic heterocycles. The minimum atomic E-state index is -3.07. The molecule has 2 saturated heterocycles. The Morgan fingerprint density at radius 1 is 1.11 bits per heavy atom. The highest BCUT2D eigenvalue weighted by Gasteiger charge is 2.29. The average molecular weight is 543 g/mol. The van der Waals surface area contributed by atoms with Crippen molar-refractivity contribution in [2.24, 2.45) is 0 Å². The summed E-state index contributed by atoms with van der Waals surface area (Å²) in [5.41, 5.74) is 4.91. The second-order valence-electron chi connectivity index (χ2n) is 9.83. The van der Waals surface area contributed by atoms with Gasteiger partial charge in [-0.1, -0.05) is 24.3 Å². The van der Waals surface area contributed by atoms with Crippen molar-refractivity contribution in [1.29, 1.82) is 0 Å². The fourth-order valence-electron chi connectivity index (χ4n) is 4.79. The number of aromatic nitrogens is 1. The number of carbonyl (C=O) groups is 2. The normalized spacial score (nSPS) is 20.6. The fourth-order valence-corrected chi connectivity index (χ4v) is 6.07. The molecule has 3 heterocycles. The molecule has 2 aliphatic rings. The summed E-state index contributed by atoms with van der Waals surface area (Å²) >= 11 is 0. The molecule has 0 unspecified atom stereocenters. The topological polar surface area (TPSA) is 109 Å². The van der Waals surface area contributed by atoms with Crippen LogP contribution in [0.3, 0.4) is 0 Å². The number of amides is 2. The van der Waals surface area contributed by atoms with E-state index in [9.17, 15) is 23.1 Å². The van der Waals surface area contributed by atoms with Gasteiger partial charge in [0.1, 0.15) is 5.82 Å². The Balaban J connectivity index is 1.61. The van der Waals surface area contributed by atoms with E-state index in [0.29, 0.717) is 46.8 Å². The minimum Gasteiger partial charge on any atom is -0.358 e. The first-order valence-electron chi connectivity index (χ1n) is 12.5. The third-order valence-electron chi connectivity index (χ3n) is 7.00. The monoisotopic (exact) mass is 542 g/mol. The Bertz CT molecular complexity index is 1320. The van der Waals surface area contributed by atoms with E-state index in [4.69, 9.17) is 0 Å². The number of benzene rings is 1. The summed E-state index contributed by atoms with van der Waals surface area (Å²) in [6.45, 7) is 8.50. The van der Waals surface area contributed by atoms with Crippen LogP contribution in [0, 0.1) is 19.7 Å². The van der Waals surface area contributed by atoms with Crippen molar-refractivity contribution >= 4 is 28.5 Å². The molecule has 0 saturated carbocycles. The Labute approximate surface area is 224 Å². The number of carbonyl (C=O) groups excluding carboxylic acids is 2. The fraction of sp³-hybridized carbons (Fsp3) is 0.357. The van der Waals surface area contributed by atoms with Gasteiger partial charge < -0.3 is 20.1 Å². The van der Waals surface area contributed by atoms with Gasteiger partial charge in [-0.3, -0.25) is 18.7 Å². The van der Waals surface area contributed by atoms with Crippen LogP contribution in [-0.4, -0.2) is 74.7 Å². The maximum absolute atomic E-state index is 13.3. The number of rotatable bonds is 6. The second kappa shape index (κ2) is 11.3. The number of aryl methyl sites for hydroxylation is 1. The van der Waals surface area contributed by atoms with Crippen molar-refractivity contribution in [2.75, 3.05) is 39.0 Å². The summed E-state index contributed by atoms with van der Waals surface area (Å²) in [5, 5.41) is 2.83. The first kappa shape index (κ1) is 27.8. The molecule has 10 heteroatoms. The van der Waals surface area contributed by atoms with Crippen LogP contribution in [-0.2, 0) is 10.5 Å². The first-order valence-corrected chi connectivity index (χ1v) is 14.4. The Morgan fingerprint density at radius 3 is 2.39 bits per heavy atom. The highest BCUT2D eigenvalue weighted by Crippen LogP contribution is 2.43. The summed E-state index contributed by atoms with van der Waals surface area (Å²) in [6, 6.07) is 5.62. The quantitative estimate of drug-likeness (QED) is 0.403. The van der Waals surface area contributed by atoms with Crippen molar-refractivity contribution in [3.8, 4) is 0 Å². The molecule has 1 aromatic carbocycles. The SMILES string of the molecule is C/C=C1/NC(=O)C(=C\c2[nH]c(C)c(C(=O)N3CCN(C)CC3)c2C)/C1=C/CS(O)(O)Cc1ccc(F)cc1. The first-order chi connectivity index (χ1) is 18.0. The predicted octanol–water partition coefficient (Wildman–Crippen LogP) is 4.45. The molecule has 0 spiro atoms. The van der Waals surface area contributed by atoms with Gasteiger partial charge in [0.05, 0.1) is 22.6 Å². The Hall–Kier alpha value is -3.18. The lowest BCUT2D eigenvalue weighted by Crippen LogP contribution is -2.47. The molecule has 0 atom stereocenters. The molecule has 0 radical (unpaired) electrons. The third-order valence-corrected chi connectivity index (χ3v) is 8.49. The van der Waals surface area contributed by atoms with E-state index in [-0.39, 0.29) is 23.3 Å². The van der Waals surface area contributed by atoms with E-state index in [1.807, 2.05) is 25.8 Å². The zero-order valence-electron chi connectivity index (χ0n) is 22.2. The molecule has 4 N–H and O–H groups in total. The number of hydrogen-bond acceptors (Lipinski definition) is 5. The van der Waals surface area contributed by atoms with Gasteiger partial charge in [-0.05, 0) is 57.2 Å². The van der Waals surface area contributed by atoms with Crippen molar-refractivity contribution in [3.05, 3.63) is 87.2 Å². The van der Waals surface area contributed by atoms with Crippen LogP contribution in [0.4, 0.5) is 4.39 Å². The van der Waals surface area contributed by atoms with Gasteiger partial charge >= 0.3 is 0 Å². The molecule has 8 nitrogen and oxygen atoms in total. The van der Waals surface area contributed by atoms with Gasteiger partial charge in [0.2, 0.25) is 0 Å². The Morgan fingerprint density at radius 2 is 1.76 bits per heavy atom. The number of aromatic amines is 1. The van der Waals surface area contributed by atoms with Crippen LogP contribution in [0.2, 0.25) is 0 Å².